The molecule has 0 spiro atoms. The maximum absolute atomic E-state index is 12.7. The summed E-state index contributed by atoms with van der Waals surface area (Å²) in [5.74, 6) is -0.519. The summed E-state index contributed by atoms with van der Waals surface area (Å²) in [6.07, 6.45) is 0. The van der Waals surface area contributed by atoms with Gasteiger partial charge in [0, 0.05) is 17.0 Å². The van der Waals surface area contributed by atoms with Crippen molar-refractivity contribution in [1.82, 2.24) is 0 Å². The van der Waals surface area contributed by atoms with Gasteiger partial charge in [-0.15, -0.1) is 0 Å². The van der Waals surface area contributed by atoms with Gasteiger partial charge in [0.05, 0.1) is 10.5 Å². The van der Waals surface area contributed by atoms with Crippen LogP contribution < -0.4 is 10.9 Å². The van der Waals surface area contributed by atoms with Crippen LogP contribution in [0.5, 0.6) is 0 Å². The highest BCUT2D eigenvalue weighted by Gasteiger charge is 2.17. The van der Waals surface area contributed by atoms with Gasteiger partial charge in [0.25, 0.3) is 11.6 Å². The Morgan fingerprint density at radius 3 is 2.60 bits per heavy atom. The highest BCUT2D eigenvalue weighted by atomic mass is 16.6. The molecule has 1 heterocycles. The number of nitrogens with one attached hydrogen (secondary N) is 1. The van der Waals surface area contributed by atoms with Gasteiger partial charge in [-0.25, -0.2) is 4.79 Å². The maximum Gasteiger partial charge on any atom is 0.344 e. The number of benzene rings is 3. The van der Waals surface area contributed by atoms with E-state index in [2.05, 4.69) is 5.32 Å². The van der Waals surface area contributed by atoms with E-state index < -0.39 is 16.5 Å². The number of hydrogen-bond donors (Lipinski definition) is 1. The van der Waals surface area contributed by atoms with E-state index in [0.29, 0.717) is 22.3 Å². The van der Waals surface area contributed by atoms with Crippen molar-refractivity contribution in [3.05, 3.63) is 104 Å². The Labute approximate surface area is 170 Å². The number of rotatable bonds is 4. The number of nitro groups is 1. The second-order valence-corrected chi connectivity index (χ2v) is 6.80. The van der Waals surface area contributed by atoms with Crippen molar-refractivity contribution < 1.29 is 14.1 Å². The Morgan fingerprint density at radius 1 is 1.00 bits per heavy atom. The quantitative estimate of drug-likeness (QED) is 0.297. The zero-order valence-corrected chi connectivity index (χ0v) is 15.9. The Kier molecular flexibility index (Phi) is 4.85. The summed E-state index contributed by atoms with van der Waals surface area (Å²) in [7, 11) is 0. The molecule has 0 radical (unpaired) electrons. The third-order valence-electron chi connectivity index (χ3n) is 4.68. The number of carbonyl (C=O) groups is 1. The normalized spacial score (nSPS) is 10.7. The molecule has 1 N–H and O–H groups in total. The first kappa shape index (κ1) is 19.1. The third kappa shape index (κ3) is 3.68. The predicted molar refractivity (Wildman–Crippen MR) is 114 cm³/mol. The molecule has 0 saturated carbocycles. The van der Waals surface area contributed by atoms with Crippen LogP contribution in [0.3, 0.4) is 0 Å². The molecule has 0 atom stereocenters. The molecule has 4 rings (SSSR count). The van der Waals surface area contributed by atoms with Crippen LogP contribution in [0.1, 0.15) is 15.9 Å². The molecular formula is C23H16N2O5. The summed E-state index contributed by atoms with van der Waals surface area (Å²) in [5.41, 5.74) is 1.69. The van der Waals surface area contributed by atoms with Gasteiger partial charge in [-0.05, 0) is 48.4 Å². The number of fused-ring (bicyclic) bond motifs is 1. The first-order valence-electron chi connectivity index (χ1n) is 9.12. The molecule has 1 amide bonds. The van der Waals surface area contributed by atoms with Crippen molar-refractivity contribution in [1.29, 1.82) is 0 Å². The molecule has 0 aliphatic heterocycles. The lowest BCUT2D eigenvalue weighted by Gasteiger charge is -2.08. The summed E-state index contributed by atoms with van der Waals surface area (Å²) in [6, 6.07) is 19.9. The fourth-order valence-electron chi connectivity index (χ4n) is 3.18. The average Bonchev–Trinajstić information content (AvgIpc) is 2.74. The Morgan fingerprint density at radius 2 is 1.80 bits per heavy atom. The average molecular weight is 400 g/mol. The molecule has 30 heavy (non-hydrogen) atoms. The van der Waals surface area contributed by atoms with E-state index in [4.69, 9.17) is 4.42 Å². The summed E-state index contributed by atoms with van der Waals surface area (Å²) in [5, 5.41) is 14.6. The lowest BCUT2D eigenvalue weighted by atomic mass is 10.0. The van der Waals surface area contributed by atoms with Crippen molar-refractivity contribution in [3.8, 4) is 11.1 Å². The minimum absolute atomic E-state index is 0.103. The smallest absolute Gasteiger partial charge is 0.344 e. The molecule has 0 bridgehead atoms. The molecule has 0 saturated heterocycles. The van der Waals surface area contributed by atoms with Gasteiger partial charge in [-0.2, -0.15) is 0 Å². The van der Waals surface area contributed by atoms with Crippen molar-refractivity contribution in [2.45, 2.75) is 6.92 Å². The van der Waals surface area contributed by atoms with E-state index in [1.807, 2.05) is 12.1 Å². The van der Waals surface area contributed by atoms with Crippen molar-refractivity contribution in [2.24, 2.45) is 0 Å². The number of para-hydroxylation sites is 1. The number of hydrogen-bond acceptors (Lipinski definition) is 5. The highest BCUT2D eigenvalue weighted by molar-refractivity contribution is 6.06. The van der Waals surface area contributed by atoms with Crippen LogP contribution >= 0.6 is 0 Å². The Hall–Kier alpha value is -4.26. The molecule has 4 aromatic rings. The summed E-state index contributed by atoms with van der Waals surface area (Å²) in [4.78, 5) is 35.9. The van der Waals surface area contributed by atoms with Crippen LogP contribution in [-0.2, 0) is 0 Å². The van der Waals surface area contributed by atoms with Crippen LogP contribution in [0.4, 0.5) is 11.4 Å². The largest absolute Gasteiger partial charge is 0.422 e. The number of nitro benzene ring substituents is 1. The number of carbonyl (C=O) groups excluding carboxylic acids is 1. The van der Waals surface area contributed by atoms with E-state index in [9.17, 15) is 19.7 Å². The molecule has 0 fully saturated rings. The van der Waals surface area contributed by atoms with Crippen molar-refractivity contribution in [2.75, 3.05) is 5.32 Å². The first-order chi connectivity index (χ1) is 14.4. The molecule has 1 aromatic heterocycles. The molecule has 148 valence electrons. The summed E-state index contributed by atoms with van der Waals surface area (Å²) in [6.45, 7) is 1.73. The van der Waals surface area contributed by atoms with Gasteiger partial charge in [-0.3, -0.25) is 14.9 Å². The zero-order chi connectivity index (χ0) is 21.3. The van der Waals surface area contributed by atoms with Crippen LogP contribution in [0.15, 0.2) is 82.0 Å². The van der Waals surface area contributed by atoms with Gasteiger partial charge >= 0.3 is 5.63 Å². The summed E-state index contributed by atoms with van der Waals surface area (Å²) < 4.78 is 5.37. The minimum Gasteiger partial charge on any atom is -0.422 e. The molecule has 7 heteroatoms. The molecule has 0 aliphatic carbocycles. The molecule has 7 nitrogen and oxygen atoms in total. The minimum atomic E-state index is -0.542. The van der Waals surface area contributed by atoms with Crippen molar-refractivity contribution in [3.63, 3.8) is 0 Å². The molecule has 3 aromatic carbocycles. The Bertz CT molecular complexity index is 1360. The zero-order valence-electron chi connectivity index (χ0n) is 15.9. The van der Waals surface area contributed by atoms with Crippen LogP contribution in [0, 0.1) is 17.0 Å². The maximum atomic E-state index is 12.7. The Balaban J connectivity index is 1.69. The number of aryl methyl sites for hydroxylation is 1. The van der Waals surface area contributed by atoms with Crippen LogP contribution in [0.25, 0.3) is 22.1 Å². The topological polar surface area (TPSA) is 102 Å². The SMILES string of the molecule is Cc1ccc(NC(=O)c2cccc(-c3cc4ccccc4oc3=O)c2)c([N+](=O)[O-])c1. The monoisotopic (exact) mass is 400 g/mol. The molecule has 0 aliphatic rings. The second-order valence-electron chi connectivity index (χ2n) is 6.80. The number of nitrogens with zero attached hydrogens (tertiary/aromatic N) is 1. The summed E-state index contributed by atoms with van der Waals surface area (Å²) >= 11 is 0. The van der Waals surface area contributed by atoms with Gasteiger partial charge in [0.1, 0.15) is 11.3 Å². The molecule has 0 unspecified atom stereocenters. The highest BCUT2D eigenvalue weighted by Crippen LogP contribution is 2.27. The van der Waals surface area contributed by atoms with E-state index in [0.717, 1.165) is 5.39 Å². The van der Waals surface area contributed by atoms with Gasteiger partial charge in [0.2, 0.25) is 0 Å². The van der Waals surface area contributed by atoms with Crippen LogP contribution in [0.2, 0.25) is 0 Å². The van der Waals surface area contributed by atoms with Crippen LogP contribution in [-0.4, -0.2) is 10.8 Å². The van der Waals surface area contributed by atoms with E-state index in [1.165, 1.54) is 12.1 Å². The number of amides is 1. The lowest BCUT2D eigenvalue weighted by Crippen LogP contribution is -2.13. The predicted octanol–water partition coefficient (Wildman–Crippen LogP) is 4.93. The van der Waals surface area contributed by atoms with Gasteiger partial charge in [0.15, 0.2) is 0 Å². The van der Waals surface area contributed by atoms with E-state index >= 15 is 0 Å². The number of anilines is 1. The van der Waals surface area contributed by atoms with Gasteiger partial charge in [-0.1, -0.05) is 36.4 Å². The third-order valence-corrected chi connectivity index (χ3v) is 4.68. The van der Waals surface area contributed by atoms with E-state index in [-0.39, 0.29) is 16.9 Å². The fraction of sp³-hybridized carbons (Fsp3) is 0.0435. The molecular weight excluding hydrogens is 384 g/mol. The van der Waals surface area contributed by atoms with Crippen molar-refractivity contribution >= 4 is 28.3 Å². The second kappa shape index (κ2) is 7.63. The lowest BCUT2D eigenvalue weighted by molar-refractivity contribution is -0.384. The standard InChI is InChI=1S/C23H16N2O5/c1-14-9-10-19(20(11-14)25(28)29)24-22(26)17-7-4-6-15(12-17)18-13-16-5-2-3-8-21(16)30-23(18)27/h2-13H,1H3,(H,24,26). The van der Waals surface area contributed by atoms with E-state index in [1.54, 1.807) is 55.5 Å². The fourth-order valence-corrected chi connectivity index (χ4v) is 3.18. The van der Waals surface area contributed by atoms with Gasteiger partial charge < -0.3 is 9.73 Å². The first-order valence-corrected chi connectivity index (χ1v) is 9.12.